The Morgan fingerprint density at radius 3 is 2.24 bits per heavy atom. The summed E-state index contributed by atoms with van der Waals surface area (Å²) in [5, 5.41) is 0. The summed E-state index contributed by atoms with van der Waals surface area (Å²) in [6.07, 6.45) is 0.0542. The lowest BCUT2D eigenvalue weighted by atomic mass is 10.2. The van der Waals surface area contributed by atoms with Gasteiger partial charge in [-0.2, -0.15) is 0 Å². The Kier molecular flexibility index (Phi) is 6.69. The lowest BCUT2D eigenvalue weighted by Gasteiger charge is -2.24. The zero-order valence-electron chi connectivity index (χ0n) is 15.2. The number of methoxy groups -OCH3 is 2. The molecule has 0 heterocycles. The van der Waals surface area contributed by atoms with Crippen LogP contribution in [0.4, 0.5) is 0 Å². The van der Waals surface area contributed by atoms with Crippen LogP contribution in [0.15, 0.2) is 48.5 Å². The maximum atomic E-state index is 12.7. The maximum absolute atomic E-state index is 12.7. The van der Waals surface area contributed by atoms with Gasteiger partial charge in [0.25, 0.3) is 5.91 Å². The monoisotopic (exact) mass is 343 g/mol. The summed E-state index contributed by atoms with van der Waals surface area (Å²) >= 11 is 0. The van der Waals surface area contributed by atoms with Gasteiger partial charge in [-0.25, -0.2) is 0 Å². The molecule has 2 rings (SSSR count). The Morgan fingerprint density at radius 2 is 1.64 bits per heavy atom. The SMILES string of the molecule is CC[C@@H](Oc1cccc(OC)c1)C(=O)N(C)Cc1ccc(OC)cc1. The maximum Gasteiger partial charge on any atom is 0.263 e. The number of nitrogens with zero attached hydrogens (tertiary/aromatic N) is 1. The lowest BCUT2D eigenvalue weighted by molar-refractivity contribution is -0.138. The molecule has 5 nitrogen and oxygen atoms in total. The van der Waals surface area contributed by atoms with Crippen molar-refractivity contribution in [2.75, 3.05) is 21.3 Å². The van der Waals surface area contributed by atoms with Crippen molar-refractivity contribution in [3.8, 4) is 17.2 Å². The molecule has 0 spiro atoms. The Morgan fingerprint density at radius 1 is 1.00 bits per heavy atom. The van der Waals surface area contributed by atoms with Crippen LogP contribution >= 0.6 is 0 Å². The van der Waals surface area contributed by atoms with Gasteiger partial charge in [0.15, 0.2) is 6.10 Å². The smallest absolute Gasteiger partial charge is 0.263 e. The Hall–Kier alpha value is -2.69. The number of likely N-dealkylation sites (N-methyl/N-ethyl adjacent to an activating group) is 1. The molecule has 0 aliphatic carbocycles. The summed E-state index contributed by atoms with van der Waals surface area (Å²) in [5.74, 6) is 2.07. The Labute approximate surface area is 149 Å². The van der Waals surface area contributed by atoms with Crippen LogP contribution in [0.3, 0.4) is 0 Å². The van der Waals surface area contributed by atoms with Gasteiger partial charge in [0.2, 0.25) is 0 Å². The van der Waals surface area contributed by atoms with Crippen molar-refractivity contribution in [2.24, 2.45) is 0 Å². The van der Waals surface area contributed by atoms with Crippen LogP contribution in [0.1, 0.15) is 18.9 Å². The highest BCUT2D eigenvalue weighted by Gasteiger charge is 2.22. The predicted molar refractivity (Wildman–Crippen MR) is 97.2 cm³/mol. The van der Waals surface area contributed by atoms with Crippen LogP contribution in [0.25, 0.3) is 0 Å². The van der Waals surface area contributed by atoms with Crippen LogP contribution in [-0.2, 0) is 11.3 Å². The van der Waals surface area contributed by atoms with E-state index in [1.807, 2.05) is 49.4 Å². The second-order valence-corrected chi connectivity index (χ2v) is 5.74. The molecule has 0 aliphatic heterocycles. The van der Waals surface area contributed by atoms with E-state index in [-0.39, 0.29) is 5.91 Å². The molecule has 0 saturated carbocycles. The molecule has 1 atom stereocenters. The molecule has 0 bridgehead atoms. The van der Waals surface area contributed by atoms with Crippen molar-refractivity contribution < 1.29 is 19.0 Å². The molecule has 0 N–H and O–H groups in total. The van der Waals surface area contributed by atoms with Crippen LogP contribution in [0.5, 0.6) is 17.2 Å². The van der Waals surface area contributed by atoms with Gasteiger partial charge in [-0.15, -0.1) is 0 Å². The lowest BCUT2D eigenvalue weighted by Crippen LogP contribution is -2.39. The van der Waals surface area contributed by atoms with Gasteiger partial charge >= 0.3 is 0 Å². The zero-order chi connectivity index (χ0) is 18.2. The molecular weight excluding hydrogens is 318 g/mol. The molecule has 0 saturated heterocycles. The van der Waals surface area contributed by atoms with Gasteiger partial charge in [0, 0.05) is 19.7 Å². The molecule has 0 aromatic heterocycles. The molecule has 5 heteroatoms. The minimum Gasteiger partial charge on any atom is -0.497 e. The largest absolute Gasteiger partial charge is 0.497 e. The first-order chi connectivity index (χ1) is 12.1. The Balaban J connectivity index is 2.01. The quantitative estimate of drug-likeness (QED) is 0.736. The first kappa shape index (κ1) is 18.6. The topological polar surface area (TPSA) is 48.0 Å². The molecule has 25 heavy (non-hydrogen) atoms. The average molecular weight is 343 g/mol. The predicted octanol–water partition coefficient (Wildman–Crippen LogP) is 3.52. The molecule has 0 unspecified atom stereocenters. The van der Waals surface area contributed by atoms with E-state index >= 15 is 0 Å². The van der Waals surface area contributed by atoms with Gasteiger partial charge in [-0.3, -0.25) is 4.79 Å². The normalized spacial score (nSPS) is 11.5. The van der Waals surface area contributed by atoms with Crippen molar-refractivity contribution in [2.45, 2.75) is 26.0 Å². The highest BCUT2D eigenvalue weighted by molar-refractivity contribution is 5.81. The van der Waals surface area contributed by atoms with Gasteiger partial charge < -0.3 is 19.1 Å². The number of carbonyl (C=O) groups excluding carboxylic acids is 1. The highest BCUT2D eigenvalue weighted by Crippen LogP contribution is 2.21. The molecule has 2 aromatic rings. The zero-order valence-corrected chi connectivity index (χ0v) is 15.2. The van der Waals surface area contributed by atoms with E-state index in [1.54, 1.807) is 32.2 Å². The third-order valence-electron chi connectivity index (χ3n) is 3.92. The van der Waals surface area contributed by atoms with Crippen molar-refractivity contribution in [1.82, 2.24) is 4.90 Å². The van der Waals surface area contributed by atoms with E-state index in [4.69, 9.17) is 14.2 Å². The van der Waals surface area contributed by atoms with E-state index < -0.39 is 6.10 Å². The van der Waals surface area contributed by atoms with Gasteiger partial charge in [-0.05, 0) is 36.2 Å². The van der Waals surface area contributed by atoms with Crippen molar-refractivity contribution in [3.05, 3.63) is 54.1 Å². The van der Waals surface area contributed by atoms with Gasteiger partial charge in [0.1, 0.15) is 17.2 Å². The number of benzene rings is 2. The highest BCUT2D eigenvalue weighted by atomic mass is 16.5. The summed E-state index contributed by atoms with van der Waals surface area (Å²) in [6.45, 7) is 2.45. The van der Waals surface area contributed by atoms with Crippen LogP contribution in [0.2, 0.25) is 0 Å². The molecule has 2 aromatic carbocycles. The van der Waals surface area contributed by atoms with Crippen molar-refractivity contribution in [3.63, 3.8) is 0 Å². The fourth-order valence-corrected chi connectivity index (χ4v) is 2.48. The molecule has 0 fully saturated rings. The van der Waals surface area contributed by atoms with E-state index in [1.165, 1.54) is 0 Å². The minimum absolute atomic E-state index is 0.0545. The number of ether oxygens (including phenoxy) is 3. The summed E-state index contributed by atoms with van der Waals surface area (Å²) in [7, 11) is 5.01. The molecule has 0 radical (unpaired) electrons. The number of carbonyl (C=O) groups is 1. The summed E-state index contributed by atoms with van der Waals surface area (Å²) in [6, 6.07) is 15.0. The summed E-state index contributed by atoms with van der Waals surface area (Å²) in [4.78, 5) is 14.4. The first-order valence-electron chi connectivity index (χ1n) is 8.26. The second kappa shape index (κ2) is 8.97. The van der Waals surface area contributed by atoms with Crippen molar-refractivity contribution in [1.29, 1.82) is 0 Å². The van der Waals surface area contributed by atoms with E-state index in [9.17, 15) is 4.79 Å². The van der Waals surface area contributed by atoms with Crippen LogP contribution in [-0.4, -0.2) is 38.2 Å². The molecule has 134 valence electrons. The second-order valence-electron chi connectivity index (χ2n) is 5.74. The van der Waals surface area contributed by atoms with E-state index in [0.29, 0.717) is 24.5 Å². The summed E-state index contributed by atoms with van der Waals surface area (Å²) in [5.41, 5.74) is 1.04. The number of hydrogen-bond acceptors (Lipinski definition) is 4. The molecule has 0 aliphatic rings. The third kappa shape index (κ3) is 5.14. The standard InChI is InChI=1S/C20H25NO4/c1-5-19(25-18-8-6-7-17(13-18)24-4)20(22)21(2)14-15-9-11-16(23-3)12-10-15/h6-13,19H,5,14H2,1-4H3/t19-/m1/s1. The number of amides is 1. The van der Waals surface area contributed by atoms with Gasteiger partial charge in [0.05, 0.1) is 14.2 Å². The molecule has 1 amide bonds. The van der Waals surface area contributed by atoms with E-state index in [2.05, 4.69) is 0 Å². The average Bonchev–Trinajstić information content (AvgIpc) is 2.66. The fourth-order valence-electron chi connectivity index (χ4n) is 2.48. The number of rotatable bonds is 8. The van der Waals surface area contributed by atoms with E-state index in [0.717, 1.165) is 11.3 Å². The van der Waals surface area contributed by atoms with Crippen LogP contribution in [0, 0.1) is 0 Å². The van der Waals surface area contributed by atoms with Gasteiger partial charge in [-0.1, -0.05) is 25.1 Å². The number of hydrogen-bond donors (Lipinski definition) is 0. The fraction of sp³-hybridized carbons (Fsp3) is 0.350. The summed E-state index contributed by atoms with van der Waals surface area (Å²) < 4.78 is 16.2. The first-order valence-corrected chi connectivity index (χ1v) is 8.26. The Bertz CT molecular complexity index is 684. The minimum atomic E-state index is -0.532. The van der Waals surface area contributed by atoms with Crippen LogP contribution < -0.4 is 14.2 Å². The third-order valence-corrected chi connectivity index (χ3v) is 3.92. The molecular formula is C20H25NO4. The van der Waals surface area contributed by atoms with Crippen molar-refractivity contribution >= 4 is 5.91 Å².